The number of hydrogen-bond donors (Lipinski definition) is 0. The van der Waals surface area contributed by atoms with Crippen LogP contribution in [0, 0.1) is 0 Å². The first-order valence-electron chi connectivity index (χ1n) is 12.0. The van der Waals surface area contributed by atoms with E-state index in [1.54, 1.807) is 0 Å². The number of hydrogen-bond acceptors (Lipinski definition) is 0. The van der Waals surface area contributed by atoms with E-state index in [4.69, 9.17) is 0 Å². The largest absolute Gasteiger partial charge is 0.261 e. The first-order valence-corrected chi connectivity index (χ1v) is 12.0. The van der Waals surface area contributed by atoms with Gasteiger partial charge in [0.05, 0.1) is 6.54 Å². The summed E-state index contributed by atoms with van der Waals surface area (Å²) in [5.41, 5.74) is 1.29. The van der Waals surface area contributed by atoms with E-state index in [1.807, 2.05) is 0 Å². The molecule has 0 amide bonds. The first kappa shape index (κ1) is 22.7. The Morgan fingerprint density at radius 2 is 1.25 bits per heavy atom. The van der Waals surface area contributed by atoms with Gasteiger partial charge in [-0.1, -0.05) is 96.3 Å². The highest BCUT2D eigenvalue weighted by Gasteiger charge is 2.18. The molecule has 0 spiro atoms. The Hall–Kier alpha value is -1.57. The van der Waals surface area contributed by atoms with Gasteiger partial charge in [0.2, 0.25) is 0 Å². The molecule has 0 bridgehead atoms. The van der Waals surface area contributed by atoms with Crippen LogP contribution < -0.4 is 4.57 Å². The highest BCUT2D eigenvalue weighted by Crippen LogP contribution is 2.14. The molecule has 0 fully saturated rings. The van der Waals surface area contributed by atoms with Crippen LogP contribution in [-0.2, 0) is 13.0 Å². The molecule has 0 saturated carbocycles. The van der Waals surface area contributed by atoms with Crippen molar-refractivity contribution in [3.05, 3.63) is 48.5 Å². The van der Waals surface area contributed by atoms with Crippen LogP contribution in [0.25, 0.3) is 5.69 Å². The third kappa shape index (κ3) is 8.20. The molecule has 0 aliphatic heterocycles. The normalized spacial score (nSPS) is 11.2. The molecule has 0 radical (unpaired) electrons. The van der Waals surface area contributed by atoms with Crippen molar-refractivity contribution in [3.8, 4) is 5.69 Å². The summed E-state index contributed by atoms with van der Waals surface area (Å²) in [6.07, 6.45) is 23.6. The number of para-hydroxylation sites is 1. The molecule has 156 valence electrons. The van der Waals surface area contributed by atoms with Gasteiger partial charge in [0.1, 0.15) is 18.1 Å². The van der Waals surface area contributed by atoms with Crippen molar-refractivity contribution in [1.82, 2.24) is 4.57 Å². The van der Waals surface area contributed by atoms with E-state index < -0.39 is 0 Å². The van der Waals surface area contributed by atoms with Gasteiger partial charge in [-0.3, -0.25) is 0 Å². The molecular formula is C26H43N2+. The molecule has 0 aliphatic carbocycles. The van der Waals surface area contributed by atoms with Gasteiger partial charge in [-0.15, -0.1) is 0 Å². The number of benzene rings is 1. The predicted octanol–water partition coefficient (Wildman–Crippen LogP) is 7.42. The summed E-state index contributed by atoms with van der Waals surface area (Å²) >= 11 is 0. The molecule has 2 nitrogen and oxygen atoms in total. The molecule has 1 aromatic carbocycles. The van der Waals surface area contributed by atoms with Crippen LogP contribution in [0.1, 0.15) is 103 Å². The fourth-order valence-corrected chi connectivity index (χ4v) is 4.05. The van der Waals surface area contributed by atoms with E-state index in [2.05, 4.69) is 65.7 Å². The highest BCUT2D eigenvalue weighted by atomic mass is 15.1. The fraction of sp³-hybridized carbons (Fsp3) is 0.654. The minimum Gasteiger partial charge on any atom is -0.234 e. The van der Waals surface area contributed by atoms with Crippen LogP contribution in [-0.4, -0.2) is 4.57 Å². The molecule has 0 saturated heterocycles. The molecule has 2 aromatic rings. The van der Waals surface area contributed by atoms with Gasteiger partial charge in [0.25, 0.3) is 5.82 Å². The zero-order valence-corrected chi connectivity index (χ0v) is 18.5. The van der Waals surface area contributed by atoms with Crippen LogP contribution in [0.15, 0.2) is 42.7 Å². The third-order valence-corrected chi connectivity index (χ3v) is 5.80. The lowest BCUT2D eigenvalue weighted by Gasteiger charge is -2.06. The minimum absolute atomic E-state index is 1.17. The zero-order chi connectivity index (χ0) is 19.9. The molecule has 0 unspecified atom stereocenters. The van der Waals surface area contributed by atoms with Gasteiger partial charge in [-0.05, 0) is 31.4 Å². The van der Waals surface area contributed by atoms with Crippen LogP contribution in [0.5, 0.6) is 0 Å². The van der Waals surface area contributed by atoms with Crippen molar-refractivity contribution in [3.63, 3.8) is 0 Å². The van der Waals surface area contributed by atoms with Crippen molar-refractivity contribution >= 4 is 0 Å². The zero-order valence-electron chi connectivity index (χ0n) is 18.5. The number of aryl methyl sites for hydroxylation is 1. The Balaban J connectivity index is 1.82. The van der Waals surface area contributed by atoms with Crippen molar-refractivity contribution < 1.29 is 4.57 Å². The van der Waals surface area contributed by atoms with Crippen molar-refractivity contribution in [1.29, 1.82) is 0 Å². The standard InChI is InChI=1S/C26H43N2/c1-3-5-7-9-10-11-12-13-18-22-27-23-24-28(25-19-15-14-16-20-25)26(27)21-17-8-6-4-2/h14-16,19-20,23-24H,3-13,17-18,21-22H2,1-2H3/q+1. The summed E-state index contributed by atoms with van der Waals surface area (Å²) in [6, 6.07) is 10.8. The molecule has 0 atom stereocenters. The molecule has 28 heavy (non-hydrogen) atoms. The minimum atomic E-state index is 1.17. The van der Waals surface area contributed by atoms with E-state index in [-0.39, 0.29) is 0 Å². The topological polar surface area (TPSA) is 8.81 Å². The summed E-state index contributed by atoms with van der Waals surface area (Å²) in [7, 11) is 0. The number of imidazole rings is 1. The molecule has 1 aromatic heterocycles. The molecule has 2 heteroatoms. The van der Waals surface area contributed by atoms with E-state index in [0.717, 1.165) is 0 Å². The van der Waals surface area contributed by atoms with E-state index in [9.17, 15) is 0 Å². The first-order chi connectivity index (χ1) is 13.9. The SMILES string of the molecule is CCCCCCCCCCC[n+]1ccn(-c2ccccc2)c1CCCCCC. The quantitative estimate of drug-likeness (QED) is 0.211. The summed E-state index contributed by atoms with van der Waals surface area (Å²) in [5, 5.41) is 0. The monoisotopic (exact) mass is 383 g/mol. The van der Waals surface area contributed by atoms with Crippen molar-refractivity contribution in [2.75, 3.05) is 0 Å². The van der Waals surface area contributed by atoms with Gasteiger partial charge in [0, 0.05) is 6.42 Å². The van der Waals surface area contributed by atoms with Crippen molar-refractivity contribution in [2.24, 2.45) is 0 Å². The molecular weight excluding hydrogens is 340 g/mol. The lowest BCUT2D eigenvalue weighted by atomic mass is 10.1. The average Bonchev–Trinajstić information content (AvgIpc) is 3.13. The van der Waals surface area contributed by atoms with Crippen LogP contribution >= 0.6 is 0 Å². The Bertz CT molecular complexity index is 615. The summed E-state index contributed by atoms with van der Waals surface area (Å²) in [5.74, 6) is 1.47. The van der Waals surface area contributed by atoms with Crippen molar-refractivity contribution in [2.45, 2.75) is 110 Å². The lowest BCUT2D eigenvalue weighted by Crippen LogP contribution is -2.37. The Kier molecular flexibility index (Phi) is 11.7. The highest BCUT2D eigenvalue weighted by molar-refractivity contribution is 5.31. The third-order valence-electron chi connectivity index (χ3n) is 5.80. The maximum Gasteiger partial charge on any atom is 0.261 e. The molecule has 0 aliphatic rings. The maximum absolute atomic E-state index is 2.51. The fourth-order valence-electron chi connectivity index (χ4n) is 4.05. The van der Waals surface area contributed by atoms with Gasteiger partial charge in [0.15, 0.2) is 0 Å². The second kappa shape index (κ2) is 14.4. The van der Waals surface area contributed by atoms with Gasteiger partial charge < -0.3 is 0 Å². The van der Waals surface area contributed by atoms with E-state index >= 15 is 0 Å². The smallest absolute Gasteiger partial charge is 0.234 e. The van der Waals surface area contributed by atoms with Crippen LogP contribution in [0.2, 0.25) is 0 Å². The second-order valence-corrected chi connectivity index (χ2v) is 8.25. The van der Waals surface area contributed by atoms with Crippen LogP contribution in [0.3, 0.4) is 0 Å². The maximum atomic E-state index is 2.51. The Morgan fingerprint density at radius 3 is 1.89 bits per heavy atom. The number of nitrogens with zero attached hydrogens (tertiary/aromatic N) is 2. The second-order valence-electron chi connectivity index (χ2n) is 8.25. The van der Waals surface area contributed by atoms with Crippen LogP contribution in [0.4, 0.5) is 0 Å². The predicted molar refractivity (Wildman–Crippen MR) is 121 cm³/mol. The summed E-state index contributed by atoms with van der Waals surface area (Å²) in [6.45, 7) is 5.75. The average molecular weight is 384 g/mol. The molecule has 0 N–H and O–H groups in total. The molecule has 2 rings (SSSR count). The van der Waals surface area contributed by atoms with Gasteiger partial charge in [-0.2, -0.15) is 4.57 Å². The Labute approximate surface area is 174 Å². The Morgan fingerprint density at radius 1 is 0.679 bits per heavy atom. The summed E-state index contributed by atoms with van der Waals surface area (Å²) < 4.78 is 4.92. The molecule has 1 heterocycles. The van der Waals surface area contributed by atoms with Gasteiger partial charge in [-0.25, -0.2) is 4.57 Å². The van der Waals surface area contributed by atoms with Gasteiger partial charge >= 0.3 is 0 Å². The number of unbranched alkanes of at least 4 members (excludes halogenated alkanes) is 11. The lowest BCUT2D eigenvalue weighted by molar-refractivity contribution is -0.704. The number of aromatic nitrogens is 2. The number of rotatable bonds is 16. The van der Waals surface area contributed by atoms with E-state index in [0.29, 0.717) is 0 Å². The summed E-state index contributed by atoms with van der Waals surface area (Å²) in [4.78, 5) is 0. The van der Waals surface area contributed by atoms with E-state index in [1.165, 1.54) is 108 Å².